The van der Waals surface area contributed by atoms with E-state index in [9.17, 15) is 0 Å². The molecule has 2 N–H and O–H groups in total. The van der Waals surface area contributed by atoms with E-state index in [0.29, 0.717) is 11.3 Å². The third kappa shape index (κ3) is 5.65. The van der Waals surface area contributed by atoms with Crippen molar-refractivity contribution in [2.45, 2.75) is 41.0 Å². The zero-order valence-electron chi connectivity index (χ0n) is 13.5. The molecule has 2 heteroatoms. The monoisotopic (exact) mass is 262 g/mol. The second-order valence-electron chi connectivity index (χ2n) is 7.09. The second-order valence-corrected chi connectivity index (χ2v) is 7.09. The van der Waals surface area contributed by atoms with Crippen LogP contribution in [0, 0.1) is 25.2 Å². The molecule has 0 bridgehead atoms. The molecule has 1 atom stereocenters. The molecule has 0 saturated heterocycles. The summed E-state index contributed by atoms with van der Waals surface area (Å²) in [6.45, 7) is 12.9. The van der Waals surface area contributed by atoms with Gasteiger partial charge in [-0.15, -0.1) is 0 Å². The summed E-state index contributed by atoms with van der Waals surface area (Å²) >= 11 is 0. The van der Waals surface area contributed by atoms with Gasteiger partial charge in [-0.05, 0) is 61.4 Å². The van der Waals surface area contributed by atoms with Gasteiger partial charge in [-0.25, -0.2) is 0 Å². The molecule has 0 aromatic heterocycles. The maximum atomic E-state index is 5.94. The third-order valence-electron chi connectivity index (χ3n) is 3.41. The Morgan fingerprint density at radius 3 is 2.05 bits per heavy atom. The molecule has 0 saturated carbocycles. The molecule has 1 aromatic rings. The molecule has 2 nitrogen and oxygen atoms in total. The van der Waals surface area contributed by atoms with Crippen molar-refractivity contribution in [1.29, 1.82) is 0 Å². The van der Waals surface area contributed by atoms with Crippen molar-refractivity contribution in [2.75, 3.05) is 25.0 Å². The van der Waals surface area contributed by atoms with Gasteiger partial charge in [-0.3, -0.25) is 0 Å². The summed E-state index contributed by atoms with van der Waals surface area (Å²) in [6.07, 6.45) is 1.17. The first-order chi connectivity index (χ1) is 8.71. The number of hydrogen-bond acceptors (Lipinski definition) is 2. The van der Waals surface area contributed by atoms with Crippen LogP contribution in [-0.2, 0) is 0 Å². The van der Waals surface area contributed by atoms with E-state index in [1.54, 1.807) is 0 Å². The van der Waals surface area contributed by atoms with E-state index in [0.717, 1.165) is 13.1 Å². The number of nitrogens with zero attached hydrogens (tertiary/aromatic N) is 1. The quantitative estimate of drug-likeness (QED) is 0.875. The van der Waals surface area contributed by atoms with Gasteiger partial charge < -0.3 is 10.6 Å². The molecular formula is C17H30N2. The van der Waals surface area contributed by atoms with Crippen molar-refractivity contribution in [3.8, 4) is 0 Å². The highest BCUT2D eigenvalue weighted by Gasteiger charge is 2.19. The Labute approximate surface area is 119 Å². The van der Waals surface area contributed by atoms with E-state index < -0.39 is 0 Å². The zero-order chi connectivity index (χ0) is 14.6. The van der Waals surface area contributed by atoms with Crippen LogP contribution in [-0.4, -0.2) is 20.1 Å². The molecule has 0 aliphatic carbocycles. The van der Waals surface area contributed by atoms with E-state index in [4.69, 9.17) is 5.73 Å². The summed E-state index contributed by atoms with van der Waals surface area (Å²) in [5, 5.41) is 0. The highest BCUT2D eigenvalue weighted by atomic mass is 15.1. The summed E-state index contributed by atoms with van der Waals surface area (Å²) in [6, 6.07) is 6.71. The van der Waals surface area contributed by atoms with Crippen LogP contribution in [0.4, 0.5) is 5.69 Å². The number of nitrogens with two attached hydrogens (primary N) is 1. The average Bonchev–Trinajstić information content (AvgIpc) is 2.24. The fourth-order valence-electron chi connectivity index (χ4n) is 2.75. The molecular weight excluding hydrogens is 232 g/mol. The lowest BCUT2D eigenvalue weighted by atomic mass is 9.84. The van der Waals surface area contributed by atoms with Gasteiger partial charge in [0, 0.05) is 19.3 Å². The lowest BCUT2D eigenvalue weighted by molar-refractivity contribution is 0.300. The van der Waals surface area contributed by atoms with Crippen LogP contribution >= 0.6 is 0 Å². The SMILES string of the molecule is Cc1cc(C)cc(N(C)CC(CN)CC(C)(C)C)c1. The Kier molecular flexibility index (Phi) is 5.42. The van der Waals surface area contributed by atoms with Crippen LogP contribution in [0.2, 0.25) is 0 Å². The Bertz CT molecular complexity index is 384. The van der Waals surface area contributed by atoms with E-state index in [1.165, 1.54) is 23.2 Å². The first kappa shape index (κ1) is 16.0. The van der Waals surface area contributed by atoms with Crippen molar-refractivity contribution in [2.24, 2.45) is 17.1 Å². The summed E-state index contributed by atoms with van der Waals surface area (Å²) in [5.74, 6) is 0.547. The zero-order valence-corrected chi connectivity index (χ0v) is 13.5. The molecule has 0 amide bonds. The van der Waals surface area contributed by atoms with Crippen molar-refractivity contribution in [3.63, 3.8) is 0 Å². The standard InChI is InChI=1S/C17H30N2/c1-13-7-14(2)9-16(8-13)19(6)12-15(11-18)10-17(3,4)5/h7-9,15H,10-12,18H2,1-6H3. The van der Waals surface area contributed by atoms with E-state index in [1.807, 2.05) is 0 Å². The smallest absolute Gasteiger partial charge is 0.0369 e. The molecule has 0 fully saturated rings. The fourth-order valence-corrected chi connectivity index (χ4v) is 2.75. The van der Waals surface area contributed by atoms with E-state index in [2.05, 4.69) is 64.8 Å². The summed E-state index contributed by atoms with van der Waals surface area (Å²) in [5.41, 5.74) is 10.2. The van der Waals surface area contributed by atoms with Crippen molar-refractivity contribution < 1.29 is 0 Å². The van der Waals surface area contributed by atoms with E-state index in [-0.39, 0.29) is 0 Å². The number of anilines is 1. The first-order valence-corrected chi connectivity index (χ1v) is 7.21. The van der Waals surface area contributed by atoms with Crippen molar-refractivity contribution >= 4 is 5.69 Å². The first-order valence-electron chi connectivity index (χ1n) is 7.21. The minimum Gasteiger partial charge on any atom is -0.374 e. The van der Waals surface area contributed by atoms with Crippen LogP contribution in [0.25, 0.3) is 0 Å². The van der Waals surface area contributed by atoms with Crippen LogP contribution in [0.3, 0.4) is 0 Å². The molecule has 108 valence electrons. The topological polar surface area (TPSA) is 29.3 Å². The molecule has 1 aromatic carbocycles. The molecule has 0 radical (unpaired) electrons. The maximum Gasteiger partial charge on any atom is 0.0369 e. The van der Waals surface area contributed by atoms with Gasteiger partial charge >= 0.3 is 0 Å². The van der Waals surface area contributed by atoms with Gasteiger partial charge in [0.05, 0.1) is 0 Å². The minimum absolute atomic E-state index is 0.341. The fraction of sp³-hybridized carbons (Fsp3) is 0.647. The maximum absolute atomic E-state index is 5.94. The lowest BCUT2D eigenvalue weighted by Gasteiger charge is -2.30. The number of rotatable bonds is 5. The Morgan fingerprint density at radius 2 is 1.63 bits per heavy atom. The van der Waals surface area contributed by atoms with Gasteiger partial charge in [0.15, 0.2) is 0 Å². The molecule has 19 heavy (non-hydrogen) atoms. The summed E-state index contributed by atoms with van der Waals surface area (Å²) in [4.78, 5) is 2.34. The van der Waals surface area contributed by atoms with Gasteiger partial charge in [-0.1, -0.05) is 26.8 Å². The molecule has 0 heterocycles. The summed E-state index contributed by atoms with van der Waals surface area (Å²) < 4.78 is 0. The largest absolute Gasteiger partial charge is 0.374 e. The summed E-state index contributed by atoms with van der Waals surface area (Å²) in [7, 11) is 2.17. The number of hydrogen-bond donors (Lipinski definition) is 1. The van der Waals surface area contributed by atoms with Gasteiger partial charge in [0.1, 0.15) is 0 Å². The Morgan fingerprint density at radius 1 is 1.11 bits per heavy atom. The Hall–Kier alpha value is -1.02. The molecule has 0 aliphatic rings. The van der Waals surface area contributed by atoms with Crippen LogP contribution < -0.4 is 10.6 Å². The molecule has 1 rings (SSSR count). The van der Waals surface area contributed by atoms with Gasteiger partial charge in [0.25, 0.3) is 0 Å². The number of benzene rings is 1. The van der Waals surface area contributed by atoms with Gasteiger partial charge in [-0.2, -0.15) is 0 Å². The third-order valence-corrected chi connectivity index (χ3v) is 3.41. The molecule has 0 aliphatic heterocycles. The number of aryl methyl sites for hydroxylation is 2. The van der Waals surface area contributed by atoms with E-state index >= 15 is 0 Å². The highest BCUT2D eigenvalue weighted by Crippen LogP contribution is 2.26. The predicted molar refractivity (Wildman–Crippen MR) is 85.8 cm³/mol. The lowest BCUT2D eigenvalue weighted by Crippen LogP contribution is -2.32. The van der Waals surface area contributed by atoms with Crippen LogP contribution in [0.15, 0.2) is 18.2 Å². The van der Waals surface area contributed by atoms with Crippen molar-refractivity contribution in [1.82, 2.24) is 0 Å². The second kappa shape index (κ2) is 6.42. The molecule has 0 spiro atoms. The normalized spacial score (nSPS) is 13.4. The van der Waals surface area contributed by atoms with Crippen molar-refractivity contribution in [3.05, 3.63) is 29.3 Å². The van der Waals surface area contributed by atoms with Crippen LogP contribution in [0.5, 0.6) is 0 Å². The minimum atomic E-state index is 0.341. The Balaban J connectivity index is 2.74. The van der Waals surface area contributed by atoms with Gasteiger partial charge in [0.2, 0.25) is 0 Å². The predicted octanol–water partition coefficient (Wildman–Crippen LogP) is 3.75. The van der Waals surface area contributed by atoms with Crippen LogP contribution in [0.1, 0.15) is 38.3 Å². The molecule has 1 unspecified atom stereocenters. The highest BCUT2D eigenvalue weighted by molar-refractivity contribution is 5.50. The average molecular weight is 262 g/mol.